The van der Waals surface area contributed by atoms with Gasteiger partial charge in [0.2, 0.25) is 11.8 Å². The minimum absolute atomic E-state index is 0.00159. The van der Waals surface area contributed by atoms with E-state index in [-0.39, 0.29) is 23.1 Å². The second-order valence-corrected chi connectivity index (χ2v) is 8.36. The topological polar surface area (TPSA) is 53.5 Å². The third kappa shape index (κ3) is 3.79. The summed E-state index contributed by atoms with van der Waals surface area (Å²) in [7, 11) is 1.85. The highest BCUT2D eigenvalue weighted by molar-refractivity contribution is 5.84. The van der Waals surface area contributed by atoms with E-state index in [0.29, 0.717) is 19.5 Å². The number of aromatic nitrogens is 1. The summed E-state index contributed by atoms with van der Waals surface area (Å²) >= 11 is 0. The molecule has 1 saturated carbocycles. The molecule has 1 aromatic heterocycles. The molecule has 2 unspecified atom stereocenters. The van der Waals surface area contributed by atoms with E-state index < -0.39 is 0 Å². The van der Waals surface area contributed by atoms with Crippen molar-refractivity contribution in [3.8, 4) is 0 Å². The van der Waals surface area contributed by atoms with E-state index >= 15 is 0 Å². The lowest BCUT2D eigenvalue weighted by Crippen LogP contribution is -2.33. The molecule has 0 bridgehead atoms. The molecule has 1 spiro atoms. The van der Waals surface area contributed by atoms with Gasteiger partial charge in [-0.15, -0.1) is 0 Å². The Morgan fingerprint density at radius 3 is 2.71 bits per heavy atom. The van der Waals surface area contributed by atoms with Crippen LogP contribution in [-0.4, -0.2) is 46.7 Å². The normalized spacial score (nSPS) is 23.1. The molecule has 146 valence electrons. The highest BCUT2D eigenvalue weighted by Gasteiger charge is 2.61. The van der Waals surface area contributed by atoms with E-state index in [0.717, 1.165) is 30.6 Å². The van der Waals surface area contributed by atoms with E-state index in [1.165, 1.54) is 5.56 Å². The molecule has 1 aromatic carbocycles. The highest BCUT2D eigenvalue weighted by Crippen LogP contribution is 2.59. The minimum atomic E-state index is -0.00159. The van der Waals surface area contributed by atoms with Crippen LogP contribution in [0.2, 0.25) is 0 Å². The van der Waals surface area contributed by atoms with E-state index in [1.807, 2.05) is 61.3 Å². The Balaban J connectivity index is 1.32. The average molecular weight is 377 g/mol. The van der Waals surface area contributed by atoms with Crippen molar-refractivity contribution in [1.29, 1.82) is 0 Å². The zero-order valence-corrected chi connectivity index (χ0v) is 16.6. The van der Waals surface area contributed by atoms with Gasteiger partial charge in [-0.2, -0.15) is 0 Å². The van der Waals surface area contributed by atoms with Gasteiger partial charge in [-0.3, -0.25) is 14.6 Å². The van der Waals surface area contributed by atoms with Crippen LogP contribution in [0.3, 0.4) is 0 Å². The van der Waals surface area contributed by atoms with E-state index in [4.69, 9.17) is 0 Å². The molecule has 2 heterocycles. The summed E-state index contributed by atoms with van der Waals surface area (Å²) in [5, 5.41) is 0. The van der Waals surface area contributed by atoms with Crippen molar-refractivity contribution in [2.24, 2.45) is 11.3 Å². The molecule has 2 aromatic rings. The van der Waals surface area contributed by atoms with Crippen molar-refractivity contribution in [2.45, 2.75) is 32.7 Å². The van der Waals surface area contributed by atoms with E-state index in [1.54, 1.807) is 11.1 Å². The molecule has 0 radical (unpaired) electrons. The van der Waals surface area contributed by atoms with Gasteiger partial charge in [-0.05, 0) is 37.5 Å². The molecule has 1 saturated heterocycles. The fraction of sp³-hybridized carbons (Fsp3) is 0.435. The van der Waals surface area contributed by atoms with Crippen molar-refractivity contribution in [1.82, 2.24) is 14.8 Å². The Labute approximate surface area is 166 Å². The van der Waals surface area contributed by atoms with E-state index in [2.05, 4.69) is 4.98 Å². The smallest absolute Gasteiger partial charge is 0.227 e. The zero-order valence-electron chi connectivity index (χ0n) is 16.6. The lowest BCUT2D eigenvalue weighted by molar-refractivity contribution is -0.133. The van der Waals surface area contributed by atoms with Gasteiger partial charge in [0, 0.05) is 37.7 Å². The van der Waals surface area contributed by atoms with Crippen LogP contribution < -0.4 is 0 Å². The Hall–Kier alpha value is -2.69. The minimum Gasteiger partial charge on any atom is -0.342 e. The molecule has 5 nitrogen and oxygen atoms in total. The Bertz CT molecular complexity index is 865. The van der Waals surface area contributed by atoms with Crippen LogP contribution in [0.4, 0.5) is 0 Å². The SMILES string of the molecule is Cc1ccc(CC(=O)N2CCC3(CC3C(=O)N(C)Cc3ccccn3)C2)cc1. The number of hydrogen-bond acceptors (Lipinski definition) is 3. The summed E-state index contributed by atoms with van der Waals surface area (Å²) in [6.45, 7) is 4.05. The van der Waals surface area contributed by atoms with Gasteiger partial charge in [0.05, 0.1) is 18.7 Å². The number of carbonyl (C=O) groups is 2. The van der Waals surface area contributed by atoms with Crippen LogP contribution in [0.15, 0.2) is 48.7 Å². The summed E-state index contributed by atoms with van der Waals surface area (Å²) in [4.78, 5) is 33.6. The molecule has 5 heteroatoms. The van der Waals surface area contributed by atoms with Crippen LogP contribution in [0, 0.1) is 18.3 Å². The average Bonchev–Trinajstić information content (AvgIpc) is 3.22. The van der Waals surface area contributed by atoms with Crippen molar-refractivity contribution < 1.29 is 9.59 Å². The Kier molecular flexibility index (Phi) is 4.92. The van der Waals surface area contributed by atoms with Gasteiger partial charge < -0.3 is 9.80 Å². The van der Waals surface area contributed by atoms with Gasteiger partial charge in [-0.1, -0.05) is 35.9 Å². The molecule has 0 N–H and O–H groups in total. The number of pyridine rings is 1. The summed E-state index contributed by atoms with van der Waals surface area (Å²) in [6, 6.07) is 13.9. The van der Waals surface area contributed by atoms with Gasteiger partial charge in [0.1, 0.15) is 0 Å². The Morgan fingerprint density at radius 1 is 1.21 bits per heavy atom. The third-order valence-electron chi connectivity index (χ3n) is 6.20. The monoisotopic (exact) mass is 377 g/mol. The first-order valence-electron chi connectivity index (χ1n) is 9.95. The van der Waals surface area contributed by atoms with Crippen molar-refractivity contribution in [3.05, 3.63) is 65.5 Å². The number of carbonyl (C=O) groups excluding carboxylic acids is 2. The lowest BCUT2D eigenvalue weighted by atomic mass is 10.0. The quantitative estimate of drug-likeness (QED) is 0.805. The fourth-order valence-electron chi connectivity index (χ4n) is 4.33. The summed E-state index contributed by atoms with van der Waals surface area (Å²) < 4.78 is 0. The van der Waals surface area contributed by atoms with E-state index in [9.17, 15) is 9.59 Å². The van der Waals surface area contributed by atoms with Gasteiger partial charge in [0.25, 0.3) is 0 Å². The largest absolute Gasteiger partial charge is 0.342 e. The first kappa shape index (κ1) is 18.7. The molecule has 1 aliphatic carbocycles. The second-order valence-electron chi connectivity index (χ2n) is 8.36. The molecular weight excluding hydrogens is 350 g/mol. The number of nitrogens with zero attached hydrogens (tertiary/aromatic N) is 3. The van der Waals surface area contributed by atoms with Crippen LogP contribution >= 0.6 is 0 Å². The first-order chi connectivity index (χ1) is 13.5. The van der Waals surface area contributed by atoms with Crippen LogP contribution in [0.25, 0.3) is 0 Å². The van der Waals surface area contributed by atoms with Crippen molar-refractivity contribution in [3.63, 3.8) is 0 Å². The number of likely N-dealkylation sites (tertiary alicyclic amines) is 1. The number of amides is 2. The highest BCUT2D eigenvalue weighted by atomic mass is 16.2. The maximum Gasteiger partial charge on any atom is 0.227 e. The maximum atomic E-state index is 12.9. The maximum absolute atomic E-state index is 12.9. The molecular formula is C23H27N3O2. The molecule has 2 fully saturated rings. The van der Waals surface area contributed by atoms with Crippen LogP contribution in [0.1, 0.15) is 29.7 Å². The molecule has 4 rings (SSSR count). The standard InChI is InChI=1S/C23H27N3O2/c1-17-6-8-18(9-7-17)13-21(27)26-12-10-23(16-26)14-20(23)22(28)25(2)15-19-5-3-4-11-24-19/h3-9,11,20H,10,12-16H2,1-2H3. The Morgan fingerprint density at radius 2 is 2.00 bits per heavy atom. The molecule has 2 aliphatic rings. The van der Waals surface area contributed by atoms with Gasteiger partial charge in [-0.25, -0.2) is 0 Å². The molecule has 2 amide bonds. The van der Waals surface area contributed by atoms with Crippen LogP contribution in [0.5, 0.6) is 0 Å². The van der Waals surface area contributed by atoms with Crippen molar-refractivity contribution >= 4 is 11.8 Å². The van der Waals surface area contributed by atoms with Crippen molar-refractivity contribution in [2.75, 3.05) is 20.1 Å². The lowest BCUT2D eigenvalue weighted by Gasteiger charge is -2.19. The fourth-order valence-corrected chi connectivity index (χ4v) is 4.33. The number of hydrogen-bond donors (Lipinski definition) is 0. The van der Waals surface area contributed by atoms with Gasteiger partial charge in [0.15, 0.2) is 0 Å². The van der Waals surface area contributed by atoms with Crippen LogP contribution in [-0.2, 0) is 22.6 Å². The molecule has 28 heavy (non-hydrogen) atoms. The predicted octanol–water partition coefficient (Wildman–Crippen LogP) is 2.83. The summed E-state index contributed by atoms with van der Waals surface area (Å²) in [6.07, 6.45) is 4.02. The molecule has 2 atom stereocenters. The number of aryl methyl sites for hydroxylation is 1. The predicted molar refractivity (Wildman–Crippen MR) is 107 cm³/mol. The first-order valence-corrected chi connectivity index (χ1v) is 9.95. The number of benzene rings is 1. The summed E-state index contributed by atoms with van der Waals surface area (Å²) in [5.74, 6) is 0.387. The number of rotatable bonds is 5. The third-order valence-corrected chi connectivity index (χ3v) is 6.20. The zero-order chi connectivity index (χ0) is 19.7. The van der Waals surface area contributed by atoms with Gasteiger partial charge >= 0.3 is 0 Å². The molecule has 1 aliphatic heterocycles. The summed E-state index contributed by atoms with van der Waals surface area (Å²) in [5.41, 5.74) is 3.15. The second kappa shape index (κ2) is 7.38.